The van der Waals surface area contributed by atoms with E-state index in [0.717, 1.165) is 27.9 Å². The zero-order valence-corrected chi connectivity index (χ0v) is 12.9. The average molecular weight is 280 g/mol. The number of rotatable bonds is 2. The number of para-hydroxylation sites is 1. The normalized spacial score (nSPS) is 11.8. The van der Waals surface area contributed by atoms with Crippen molar-refractivity contribution in [2.45, 2.75) is 26.2 Å². The molecule has 108 valence electrons. The number of nitrogens with one attached hydrogen (secondary N) is 1. The first-order chi connectivity index (χ1) is 10.0. The molecule has 0 aliphatic heterocycles. The van der Waals surface area contributed by atoms with Gasteiger partial charge in [0.1, 0.15) is 5.75 Å². The fourth-order valence-corrected chi connectivity index (χ4v) is 2.62. The summed E-state index contributed by atoms with van der Waals surface area (Å²) in [7, 11) is 1.72. The van der Waals surface area contributed by atoms with Crippen molar-refractivity contribution in [3.63, 3.8) is 0 Å². The first kappa shape index (κ1) is 13.7. The molecule has 0 aliphatic carbocycles. The third kappa shape index (κ3) is 2.40. The maximum Gasteiger partial charge on any atom is 0.122 e. The monoisotopic (exact) mass is 280 g/mol. The van der Waals surface area contributed by atoms with E-state index in [0.29, 0.717) is 0 Å². The quantitative estimate of drug-likeness (QED) is 0.748. The molecule has 3 aromatic rings. The van der Waals surface area contributed by atoms with E-state index in [1.54, 1.807) is 7.11 Å². The third-order valence-corrected chi connectivity index (χ3v) is 3.75. The highest BCUT2D eigenvalue weighted by Crippen LogP contribution is 2.36. The van der Waals surface area contributed by atoms with Crippen LogP contribution in [0.1, 0.15) is 26.3 Å². The van der Waals surface area contributed by atoms with E-state index in [2.05, 4.69) is 49.2 Å². The maximum absolute atomic E-state index is 5.50. The van der Waals surface area contributed by atoms with E-state index in [4.69, 9.17) is 4.74 Å². The minimum atomic E-state index is 0.0213. The number of hydrogen-bond acceptors (Lipinski definition) is 2. The molecule has 3 nitrogen and oxygen atoms in total. The fourth-order valence-electron chi connectivity index (χ4n) is 2.62. The summed E-state index contributed by atoms with van der Waals surface area (Å²) in [4.78, 5) is 0. The molecule has 1 heterocycles. The first-order valence-electron chi connectivity index (χ1n) is 7.12. The van der Waals surface area contributed by atoms with Gasteiger partial charge in [-0.15, -0.1) is 0 Å². The molecular weight excluding hydrogens is 260 g/mol. The van der Waals surface area contributed by atoms with Crippen LogP contribution in [0.15, 0.2) is 42.5 Å². The van der Waals surface area contributed by atoms with E-state index in [-0.39, 0.29) is 5.41 Å². The predicted octanol–water partition coefficient (Wildman–Crippen LogP) is 4.54. The molecule has 21 heavy (non-hydrogen) atoms. The van der Waals surface area contributed by atoms with Gasteiger partial charge in [0.15, 0.2) is 0 Å². The molecule has 3 heteroatoms. The van der Waals surface area contributed by atoms with Crippen LogP contribution in [-0.2, 0) is 5.41 Å². The van der Waals surface area contributed by atoms with Crippen molar-refractivity contribution >= 4 is 10.9 Å². The molecular formula is C18H20N2O. The van der Waals surface area contributed by atoms with Gasteiger partial charge in [-0.3, -0.25) is 5.10 Å². The molecule has 0 saturated heterocycles. The Bertz CT molecular complexity index is 781. The first-order valence-corrected chi connectivity index (χ1v) is 7.12. The van der Waals surface area contributed by atoms with Crippen molar-refractivity contribution in [1.29, 1.82) is 0 Å². The summed E-state index contributed by atoms with van der Waals surface area (Å²) >= 11 is 0. The zero-order valence-electron chi connectivity index (χ0n) is 12.9. The minimum Gasteiger partial charge on any atom is -0.496 e. The molecule has 0 unspecified atom stereocenters. The van der Waals surface area contributed by atoms with Gasteiger partial charge in [0, 0.05) is 16.5 Å². The van der Waals surface area contributed by atoms with Crippen molar-refractivity contribution in [2.24, 2.45) is 0 Å². The summed E-state index contributed by atoms with van der Waals surface area (Å²) in [5.41, 5.74) is 4.36. The van der Waals surface area contributed by atoms with Crippen LogP contribution in [-0.4, -0.2) is 17.3 Å². The molecule has 0 spiro atoms. The molecule has 0 aliphatic rings. The van der Waals surface area contributed by atoms with Crippen molar-refractivity contribution in [3.8, 4) is 17.0 Å². The molecule has 1 N–H and O–H groups in total. The van der Waals surface area contributed by atoms with Crippen molar-refractivity contribution in [3.05, 3.63) is 48.0 Å². The Labute approximate surface area is 125 Å². The van der Waals surface area contributed by atoms with Crippen LogP contribution in [0.4, 0.5) is 0 Å². The minimum absolute atomic E-state index is 0.0213. The molecule has 0 saturated carbocycles. The summed E-state index contributed by atoms with van der Waals surface area (Å²) in [5, 5.41) is 8.71. The molecule has 0 atom stereocenters. The standard InChI is InChI=1S/C18H20N2O/c1-18(2,3)14-11-12(9-10-16(14)21-4)17-13-7-5-6-8-15(13)19-20-17/h5-11H,1-4H3,(H,19,20). The van der Waals surface area contributed by atoms with Crippen LogP contribution in [0.2, 0.25) is 0 Å². The van der Waals surface area contributed by atoms with Gasteiger partial charge in [0.2, 0.25) is 0 Å². The molecule has 0 amide bonds. The van der Waals surface area contributed by atoms with Crippen molar-refractivity contribution < 1.29 is 4.74 Å². The van der Waals surface area contributed by atoms with E-state index < -0.39 is 0 Å². The predicted molar refractivity (Wildman–Crippen MR) is 86.8 cm³/mol. The Morgan fingerprint density at radius 1 is 1.05 bits per heavy atom. The number of benzene rings is 2. The van der Waals surface area contributed by atoms with E-state index >= 15 is 0 Å². The molecule has 2 aromatic carbocycles. The number of H-pyrrole nitrogens is 1. The second-order valence-corrected chi connectivity index (χ2v) is 6.28. The second-order valence-electron chi connectivity index (χ2n) is 6.28. The highest BCUT2D eigenvalue weighted by Gasteiger charge is 2.20. The lowest BCUT2D eigenvalue weighted by Crippen LogP contribution is -2.12. The number of hydrogen-bond donors (Lipinski definition) is 1. The lowest BCUT2D eigenvalue weighted by Gasteiger charge is -2.22. The molecule has 1 aromatic heterocycles. The van der Waals surface area contributed by atoms with Crippen LogP contribution in [0.5, 0.6) is 5.75 Å². The number of nitrogens with zero attached hydrogens (tertiary/aromatic N) is 1. The number of methoxy groups -OCH3 is 1. The van der Waals surface area contributed by atoms with Gasteiger partial charge in [-0.05, 0) is 29.7 Å². The van der Waals surface area contributed by atoms with Crippen LogP contribution in [0.3, 0.4) is 0 Å². The number of ether oxygens (including phenoxy) is 1. The lowest BCUT2D eigenvalue weighted by atomic mass is 9.85. The van der Waals surface area contributed by atoms with Gasteiger partial charge in [-0.1, -0.05) is 39.0 Å². The van der Waals surface area contributed by atoms with Gasteiger partial charge < -0.3 is 4.74 Å². The highest BCUT2D eigenvalue weighted by molar-refractivity contribution is 5.93. The molecule has 0 bridgehead atoms. The summed E-state index contributed by atoms with van der Waals surface area (Å²) < 4.78 is 5.50. The van der Waals surface area contributed by atoms with E-state index in [1.807, 2.05) is 24.3 Å². The Balaban J connectivity index is 2.19. The largest absolute Gasteiger partial charge is 0.496 e. The van der Waals surface area contributed by atoms with Crippen LogP contribution < -0.4 is 4.74 Å². The zero-order chi connectivity index (χ0) is 15.0. The average Bonchev–Trinajstić information content (AvgIpc) is 2.89. The van der Waals surface area contributed by atoms with Crippen molar-refractivity contribution in [1.82, 2.24) is 10.2 Å². The van der Waals surface area contributed by atoms with E-state index in [9.17, 15) is 0 Å². The lowest BCUT2D eigenvalue weighted by molar-refractivity contribution is 0.397. The SMILES string of the molecule is COc1ccc(-c2n[nH]c3ccccc23)cc1C(C)(C)C. The molecule has 0 radical (unpaired) electrons. The maximum atomic E-state index is 5.50. The fraction of sp³-hybridized carbons (Fsp3) is 0.278. The van der Waals surface area contributed by atoms with Crippen molar-refractivity contribution in [2.75, 3.05) is 7.11 Å². The Morgan fingerprint density at radius 2 is 1.81 bits per heavy atom. The van der Waals surface area contributed by atoms with Crippen LogP contribution >= 0.6 is 0 Å². The Hall–Kier alpha value is -2.29. The number of fused-ring (bicyclic) bond motifs is 1. The summed E-state index contributed by atoms with van der Waals surface area (Å²) in [6, 6.07) is 14.5. The number of aromatic amines is 1. The summed E-state index contributed by atoms with van der Waals surface area (Å²) in [5.74, 6) is 0.922. The van der Waals surface area contributed by atoms with Crippen LogP contribution in [0, 0.1) is 0 Å². The van der Waals surface area contributed by atoms with Gasteiger partial charge in [-0.25, -0.2) is 0 Å². The Kier molecular flexibility index (Phi) is 3.20. The molecule has 0 fully saturated rings. The number of aromatic nitrogens is 2. The molecule has 3 rings (SSSR count). The van der Waals surface area contributed by atoms with Crippen LogP contribution in [0.25, 0.3) is 22.2 Å². The Morgan fingerprint density at radius 3 is 2.52 bits per heavy atom. The topological polar surface area (TPSA) is 37.9 Å². The second kappa shape index (κ2) is 4.92. The third-order valence-electron chi connectivity index (χ3n) is 3.75. The van der Waals surface area contributed by atoms with Gasteiger partial charge in [0.25, 0.3) is 0 Å². The smallest absolute Gasteiger partial charge is 0.122 e. The van der Waals surface area contributed by atoms with Gasteiger partial charge >= 0.3 is 0 Å². The van der Waals surface area contributed by atoms with E-state index in [1.165, 1.54) is 5.56 Å². The summed E-state index contributed by atoms with van der Waals surface area (Å²) in [6.07, 6.45) is 0. The van der Waals surface area contributed by atoms with Gasteiger partial charge in [0.05, 0.1) is 18.3 Å². The highest BCUT2D eigenvalue weighted by atomic mass is 16.5. The van der Waals surface area contributed by atoms with Gasteiger partial charge in [-0.2, -0.15) is 5.10 Å². The summed E-state index contributed by atoms with van der Waals surface area (Å²) in [6.45, 7) is 6.58.